The van der Waals surface area contributed by atoms with Gasteiger partial charge in [-0.05, 0) is 35.2 Å². The predicted molar refractivity (Wildman–Crippen MR) is 104 cm³/mol. The first kappa shape index (κ1) is 19.2. The number of carbonyl (C=O) groups excluding carboxylic acids is 2. The summed E-state index contributed by atoms with van der Waals surface area (Å²) >= 11 is 0. The van der Waals surface area contributed by atoms with E-state index in [0.29, 0.717) is 28.9 Å². The lowest BCUT2D eigenvalue weighted by Gasteiger charge is -2.15. The molecule has 6 heteroatoms. The van der Waals surface area contributed by atoms with Crippen molar-refractivity contribution in [2.24, 2.45) is 0 Å². The highest BCUT2D eigenvalue weighted by atomic mass is 16.5. The van der Waals surface area contributed by atoms with Gasteiger partial charge in [0.05, 0.1) is 19.8 Å². The lowest BCUT2D eigenvalue weighted by Crippen LogP contribution is -2.06. The summed E-state index contributed by atoms with van der Waals surface area (Å²) in [5.74, 6) is 0.222. The number of hydrogen-bond donors (Lipinski definition) is 0. The van der Waals surface area contributed by atoms with Crippen LogP contribution in [0.3, 0.4) is 0 Å². The number of hydrogen-bond acceptors (Lipinski definition) is 6. The zero-order valence-corrected chi connectivity index (χ0v) is 15.9. The Bertz CT molecular complexity index is 1010. The molecule has 0 spiro atoms. The van der Waals surface area contributed by atoms with E-state index in [1.165, 1.54) is 27.2 Å². The fraction of sp³-hybridized carbons (Fsp3) is 0.182. The van der Waals surface area contributed by atoms with Crippen molar-refractivity contribution >= 4 is 22.7 Å². The van der Waals surface area contributed by atoms with Crippen molar-refractivity contribution in [3.05, 3.63) is 65.7 Å². The molecule has 0 bridgehead atoms. The van der Waals surface area contributed by atoms with Crippen LogP contribution < -0.4 is 14.2 Å². The summed E-state index contributed by atoms with van der Waals surface area (Å²) in [5.41, 5.74) is 1.28. The fourth-order valence-corrected chi connectivity index (χ4v) is 2.82. The van der Waals surface area contributed by atoms with Crippen LogP contribution in [0.25, 0.3) is 10.8 Å². The first-order valence-electron chi connectivity index (χ1n) is 8.61. The van der Waals surface area contributed by atoms with Gasteiger partial charge in [-0.2, -0.15) is 0 Å². The van der Waals surface area contributed by atoms with Crippen LogP contribution in [0.15, 0.2) is 54.6 Å². The van der Waals surface area contributed by atoms with Crippen molar-refractivity contribution in [3.63, 3.8) is 0 Å². The lowest BCUT2D eigenvalue weighted by molar-refractivity contribution is -0.131. The van der Waals surface area contributed by atoms with Crippen LogP contribution in [0.2, 0.25) is 0 Å². The number of carbonyl (C=O) groups is 2. The number of esters is 2. The minimum Gasteiger partial charge on any atom is -0.493 e. The van der Waals surface area contributed by atoms with Crippen molar-refractivity contribution < 1.29 is 28.5 Å². The Morgan fingerprint density at radius 1 is 0.893 bits per heavy atom. The molecule has 0 fully saturated rings. The third kappa shape index (κ3) is 4.23. The summed E-state index contributed by atoms with van der Waals surface area (Å²) in [5, 5.41) is 1.27. The topological polar surface area (TPSA) is 71.1 Å². The molecule has 0 aromatic heterocycles. The second kappa shape index (κ2) is 8.43. The molecule has 6 nitrogen and oxygen atoms in total. The largest absolute Gasteiger partial charge is 0.493 e. The van der Waals surface area contributed by atoms with Gasteiger partial charge in [-0.15, -0.1) is 0 Å². The lowest BCUT2D eigenvalue weighted by atomic mass is 10.0. The van der Waals surface area contributed by atoms with E-state index >= 15 is 0 Å². The first-order chi connectivity index (χ1) is 13.5. The number of rotatable bonds is 6. The Morgan fingerprint density at radius 3 is 2.29 bits per heavy atom. The maximum atomic E-state index is 12.0. The monoisotopic (exact) mass is 380 g/mol. The van der Waals surface area contributed by atoms with Crippen LogP contribution >= 0.6 is 0 Å². The molecule has 3 rings (SSSR count). The van der Waals surface area contributed by atoms with Gasteiger partial charge in [-0.1, -0.05) is 30.3 Å². The highest BCUT2D eigenvalue weighted by molar-refractivity contribution is 6.00. The Labute approximate surface area is 162 Å². The van der Waals surface area contributed by atoms with E-state index in [2.05, 4.69) is 0 Å². The number of fused-ring (bicyclic) bond motifs is 1. The van der Waals surface area contributed by atoms with Crippen molar-refractivity contribution in [2.75, 3.05) is 14.2 Å². The molecule has 28 heavy (non-hydrogen) atoms. The molecule has 0 amide bonds. The van der Waals surface area contributed by atoms with Crippen LogP contribution in [0.5, 0.6) is 17.2 Å². The number of benzene rings is 3. The van der Waals surface area contributed by atoms with Gasteiger partial charge >= 0.3 is 11.9 Å². The molecule has 0 unspecified atom stereocenters. The third-order valence-corrected chi connectivity index (χ3v) is 4.11. The van der Waals surface area contributed by atoms with Gasteiger partial charge in [-0.25, -0.2) is 4.79 Å². The van der Waals surface area contributed by atoms with E-state index in [4.69, 9.17) is 18.9 Å². The molecule has 0 aliphatic heterocycles. The average Bonchev–Trinajstić information content (AvgIpc) is 2.71. The van der Waals surface area contributed by atoms with Crippen molar-refractivity contribution in [1.29, 1.82) is 0 Å². The first-order valence-corrected chi connectivity index (χ1v) is 8.61. The summed E-state index contributed by atoms with van der Waals surface area (Å²) in [6.07, 6.45) is 0. The molecular formula is C22H20O6. The second-order valence-electron chi connectivity index (χ2n) is 6.06. The molecule has 0 radical (unpaired) electrons. The highest BCUT2D eigenvalue weighted by Crippen LogP contribution is 2.38. The average molecular weight is 380 g/mol. The fourth-order valence-electron chi connectivity index (χ4n) is 2.82. The molecule has 3 aromatic rings. The molecule has 0 aliphatic carbocycles. The Kier molecular flexibility index (Phi) is 5.79. The second-order valence-corrected chi connectivity index (χ2v) is 6.06. The quantitative estimate of drug-likeness (QED) is 0.473. The SMILES string of the molecule is COC(=O)c1cc(OC(C)=O)c2cc(OCc3ccccc3)c(OC)cc2c1. The normalized spacial score (nSPS) is 10.4. The summed E-state index contributed by atoms with van der Waals surface area (Å²) < 4.78 is 21.5. The van der Waals surface area contributed by atoms with Gasteiger partial charge in [0.25, 0.3) is 0 Å². The molecule has 0 aliphatic rings. The van der Waals surface area contributed by atoms with Crippen LogP contribution in [-0.2, 0) is 16.1 Å². The van der Waals surface area contributed by atoms with E-state index in [1.54, 1.807) is 18.2 Å². The standard InChI is InChI=1S/C22H20O6/c1-14(23)28-19-11-17(22(24)26-3)9-16-10-20(25-2)21(12-18(16)19)27-13-15-7-5-4-6-8-15/h4-12H,13H2,1-3H3. The van der Waals surface area contributed by atoms with Crippen LogP contribution in [0.1, 0.15) is 22.8 Å². The zero-order chi connectivity index (χ0) is 20.1. The van der Waals surface area contributed by atoms with E-state index in [0.717, 1.165) is 5.56 Å². The molecule has 0 N–H and O–H groups in total. The van der Waals surface area contributed by atoms with Crippen molar-refractivity contribution in [2.45, 2.75) is 13.5 Å². The van der Waals surface area contributed by atoms with E-state index < -0.39 is 11.9 Å². The summed E-state index contributed by atoms with van der Waals surface area (Å²) in [6, 6.07) is 16.3. The van der Waals surface area contributed by atoms with E-state index in [9.17, 15) is 9.59 Å². The third-order valence-electron chi connectivity index (χ3n) is 4.11. The summed E-state index contributed by atoms with van der Waals surface area (Å²) in [6.45, 7) is 1.65. The Balaban J connectivity index is 2.07. The predicted octanol–water partition coefficient (Wildman–Crippen LogP) is 4.14. The maximum Gasteiger partial charge on any atom is 0.338 e. The van der Waals surface area contributed by atoms with Gasteiger partial charge in [0.2, 0.25) is 0 Å². The highest BCUT2D eigenvalue weighted by Gasteiger charge is 2.16. The molecule has 0 saturated carbocycles. The zero-order valence-electron chi connectivity index (χ0n) is 15.9. The van der Waals surface area contributed by atoms with E-state index in [1.807, 2.05) is 30.3 Å². The van der Waals surface area contributed by atoms with Gasteiger partial charge in [0.1, 0.15) is 12.4 Å². The van der Waals surface area contributed by atoms with Gasteiger partial charge in [0.15, 0.2) is 11.5 Å². The van der Waals surface area contributed by atoms with Crippen LogP contribution in [-0.4, -0.2) is 26.2 Å². The Hall–Kier alpha value is -3.54. The van der Waals surface area contributed by atoms with Crippen molar-refractivity contribution in [3.8, 4) is 17.2 Å². The molecule has 0 saturated heterocycles. The van der Waals surface area contributed by atoms with Gasteiger partial charge < -0.3 is 18.9 Å². The molecule has 0 atom stereocenters. The minimum absolute atomic E-state index is 0.248. The molecule has 3 aromatic carbocycles. The van der Waals surface area contributed by atoms with Gasteiger partial charge in [-0.3, -0.25) is 4.79 Å². The smallest absolute Gasteiger partial charge is 0.338 e. The molecule has 0 heterocycles. The van der Waals surface area contributed by atoms with Crippen molar-refractivity contribution in [1.82, 2.24) is 0 Å². The summed E-state index contributed by atoms with van der Waals surface area (Å²) in [7, 11) is 2.83. The summed E-state index contributed by atoms with van der Waals surface area (Å²) in [4.78, 5) is 23.5. The molecule has 144 valence electrons. The maximum absolute atomic E-state index is 12.0. The number of methoxy groups -OCH3 is 2. The van der Waals surface area contributed by atoms with Crippen LogP contribution in [0, 0.1) is 0 Å². The Morgan fingerprint density at radius 2 is 1.64 bits per heavy atom. The number of ether oxygens (including phenoxy) is 4. The van der Waals surface area contributed by atoms with Crippen LogP contribution in [0.4, 0.5) is 0 Å². The molecular weight excluding hydrogens is 360 g/mol. The minimum atomic E-state index is -0.529. The van der Waals surface area contributed by atoms with Gasteiger partial charge in [0, 0.05) is 12.3 Å². The van der Waals surface area contributed by atoms with E-state index in [-0.39, 0.29) is 11.3 Å².